The molecule has 144 valence electrons. The second kappa shape index (κ2) is 8.60. The summed E-state index contributed by atoms with van der Waals surface area (Å²) in [7, 11) is 0. The highest BCUT2D eigenvalue weighted by atomic mass is 16.5. The van der Waals surface area contributed by atoms with E-state index in [1.54, 1.807) is 24.3 Å². The Balaban J connectivity index is 1.73. The minimum Gasteiger partial charge on any atom is -0.394 e. The van der Waals surface area contributed by atoms with Crippen LogP contribution in [0.5, 0.6) is 0 Å². The maximum atomic E-state index is 12.4. The molecule has 0 unspecified atom stereocenters. The van der Waals surface area contributed by atoms with Gasteiger partial charge in [-0.1, -0.05) is 42.5 Å². The van der Waals surface area contributed by atoms with Crippen LogP contribution in [0.4, 0.5) is 0 Å². The van der Waals surface area contributed by atoms with Crippen LogP contribution in [0.2, 0.25) is 0 Å². The van der Waals surface area contributed by atoms with Gasteiger partial charge in [0.15, 0.2) is 0 Å². The number of rotatable bonds is 5. The molecule has 1 heterocycles. The Morgan fingerprint density at radius 1 is 0.963 bits per heavy atom. The maximum absolute atomic E-state index is 12.4. The van der Waals surface area contributed by atoms with Crippen molar-refractivity contribution in [3.63, 3.8) is 0 Å². The van der Waals surface area contributed by atoms with E-state index in [1.807, 2.05) is 30.3 Å². The fraction of sp³-hybridized carbons (Fsp3) is 0.350. The molecule has 1 fully saturated rings. The lowest BCUT2D eigenvalue weighted by Crippen LogP contribution is -2.55. The van der Waals surface area contributed by atoms with E-state index in [9.17, 15) is 25.2 Å². The molecule has 1 amide bonds. The van der Waals surface area contributed by atoms with E-state index in [0.717, 1.165) is 5.56 Å². The Labute approximate surface area is 156 Å². The molecule has 2 aromatic rings. The van der Waals surface area contributed by atoms with E-state index in [2.05, 4.69) is 5.32 Å². The summed E-state index contributed by atoms with van der Waals surface area (Å²) in [5.41, 5.74) is 1.82. The molecular weight excluding hydrogens is 350 g/mol. The fourth-order valence-electron chi connectivity index (χ4n) is 3.11. The number of amides is 1. The summed E-state index contributed by atoms with van der Waals surface area (Å²) in [5.74, 6) is -0.287. The molecule has 27 heavy (non-hydrogen) atoms. The van der Waals surface area contributed by atoms with Gasteiger partial charge in [-0.3, -0.25) is 4.79 Å². The molecule has 5 N–H and O–H groups in total. The van der Waals surface area contributed by atoms with Gasteiger partial charge >= 0.3 is 0 Å². The number of carbonyl (C=O) groups is 1. The molecule has 5 atom stereocenters. The first-order chi connectivity index (χ1) is 13.0. The van der Waals surface area contributed by atoms with Crippen molar-refractivity contribution >= 4 is 5.91 Å². The molecule has 7 heteroatoms. The predicted molar refractivity (Wildman–Crippen MR) is 96.8 cm³/mol. The number of carbonyl (C=O) groups excluding carboxylic acids is 1. The van der Waals surface area contributed by atoms with Crippen LogP contribution >= 0.6 is 0 Å². The first-order valence-corrected chi connectivity index (χ1v) is 8.74. The Morgan fingerprint density at radius 2 is 1.70 bits per heavy atom. The lowest BCUT2D eigenvalue weighted by atomic mass is 9.90. The average Bonchev–Trinajstić information content (AvgIpc) is 2.71. The summed E-state index contributed by atoms with van der Waals surface area (Å²) in [6.45, 7) is -0.122. The highest BCUT2D eigenvalue weighted by Gasteiger charge is 2.43. The van der Waals surface area contributed by atoms with Gasteiger partial charge in [0.05, 0.1) is 6.61 Å². The first kappa shape index (κ1) is 19.5. The summed E-state index contributed by atoms with van der Waals surface area (Å²) in [6.07, 6.45) is -6.23. The van der Waals surface area contributed by atoms with E-state index < -0.39 is 37.1 Å². The molecule has 3 rings (SSSR count). The number of hydrogen-bond acceptors (Lipinski definition) is 6. The zero-order valence-electron chi connectivity index (χ0n) is 14.6. The van der Waals surface area contributed by atoms with Crippen LogP contribution in [0.3, 0.4) is 0 Å². The summed E-state index contributed by atoms with van der Waals surface area (Å²) in [4.78, 5) is 12.4. The summed E-state index contributed by atoms with van der Waals surface area (Å²) < 4.78 is 5.54. The van der Waals surface area contributed by atoms with Crippen LogP contribution in [0.25, 0.3) is 0 Å². The Morgan fingerprint density at radius 3 is 2.41 bits per heavy atom. The first-order valence-electron chi connectivity index (χ1n) is 8.74. The maximum Gasteiger partial charge on any atom is 0.251 e. The SMILES string of the molecule is O=C(NCc1ccccc1)c1cccc([C@H]2O[C@H](CO)[C@@H](O)[C@H](O)[C@H]2O)c1. The van der Waals surface area contributed by atoms with Crippen molar-refractivity contribution in [3.8, 4) is 0 Å². The standard InChI is InChI=1S/C20H23NO6/c22-11-15-16(23)17(24)18(25)19(27-15)13-7-4-8-14(9-13)20(26)21-10-12-5-2-1-3-6-12/h1-9,15-19,22-25H,10-11H2,(H,21,26)/t15-,16-,17+,18-,19-/m1/s1. The number of benzene rings is 2. The van der Waals surface area contributed by atoms with Crippen molar-refractivity contribution in [2.75, 3.05) is 6.61 Å². The lowest BCUT2D eigenvalue weighted by molar-refractivity contribution is -0.231. The van der Waals surface area contributed by atoms with E-state index in [4.69, 9.17) is 4.74 Å². The normalized spacial score (nSPS) is 27.9. The Kier molecular flexibility index (Phi) is 6.20. The smallest absolute Gasteiger partial charge is 0.251 e. The van der Waals surface area contributed by atoms with Gasteiger partial charge in [-0.25, -0.2) is 0 Å². The quantitative estimate of drug-likeness (QED) is 0.508. The molecule has 0 spiro atoms. The van der Waals surface area contributed by atoms with Crippen LogP contribution < -0.4 is 5.32 Å². The van der Waals surface area contributed by atoms with Gasteiger partial charge in [0, 0.05) is 12.1 Å². The molecule has 1 saturated heterocycles. The molecule has 0 aromatic heterocycles. The molecule has 2 aromatic carbocycles. The minimum absolute atomic E-state index is 0.287. The number of aliphatic hydroxyl groups excluding tert-OH is 4. The van der Waals surface area contributed by atoms with E-state index >= 15 is 0 Å². The molecular formula is C20H23NO6. The topological polar surface area (TPSA) is 119 Å². The van der Waals surface area contributed by atoms with Gasteiger partial charge < -0.3 is 30.5 Å². The Bertz CT molecular complexity index is 766. The number of aliphatic hydroxyl groups is 4. The second-order valence-electron chi connectivity index (χ2n) is 6.54. The molecule has 1 aliphatic heterocycles. The lowest BCUT2D eigenvalue weighted by Gasteiger charge is -2.40. The van der Waals surface area contributed by atoms with Gasteiger partial charge in [-0.05, 0) is 23.3 Å². The fourth-order valence-corrected chi connectivity index (χ4v) is 3.11. The van der Waals surface area contributed by atoms with Gasteiger partial charge in [-0.15, -0.1) is 0 Å². The van der Waals surface area contributed by atoms with Gasteiger partial charge in [-0.2, -0.15) is 0 Å². The molecule has 0 saturated carbocycles. The van der Waals surface area contributed by atoms with Crippen LogP contribution in [0.15, 0.2) is 54.6 Å². The van der Waals surface area contributed by atoms with Crippen LogP contribution in [0.1, 0.15) is 27.6 Å². The largest absolute Gasteiger partial charge is 0.394 e. The van der Waals surface area contributed by atoms with E-state index in [0.29, 0.717) is 17.7 Å². The van der Waals surface area contributed by atoms with E-state index in [1.165, 1.54) is 0 Å². The van der Waals surface area contributed by atoms with Crippen LogP contribution in [-0.4, -0.2) is 57.4 Å². The van der Waals surface area contributed by atoms with Crippen molar-refractivity contribution in [2.24, 2.45) is 0 Å². The van der Waals surface area contributed by atoms with Gasteiger partial charge in [0.2, 0.25) is 0 Å². The average molecular weight is 373 g/mol. The third-order valence-corrected chi connectivity index (χ3v) is 4.67. The molecule has 7 nitrogen and oxygen atoms in total. The molecule has 0 radical (unpaired) electrons. The zero-order valence-corrected chi connectivity index (χ0v) is 14.6. The predicted octanol–water partition coefficient (Wildman–Crippen LogP) is 0.131. The van der Waals surface area contributed by atoms with Crippen molar-refractivity contribution in [1.82, 2.24) is 5.32 Å². The van der Waals surface area contributed by atoms with Crippen molar-refractivity contribution in [3.05, 3.63) is 71.3 Å². The van der Waals surface area contributed by atoms with E-state index in [-0.39, 0.29) is 5.91 Å². The summed E-state index contributed by atoms with van der Waals surface area (Å²) in [6, 6.07) is 16.0. The van der Waals surface area contributed by atoms with Crippen molar-refractivity contribution < 1.29 is 30.0 Å². The van der Waals surface area contributed by atoms with Crippen molar-refractivity contribution in [1.29, 1.82) is 0 Å². The Hall–Kier alpha value is -2.29. The summed E-state index contributed by atoms with van der Waals surface area (Å²) >= 11 is 0. The minimum atomic E-state index is -1.46. The molecule has 1 aliphatic rings. The van der Waals surface area contributed by atoms with Crippen LogP contribution in [0, 0.1) is 0 Å². The number of hydrogen-bond donors (Lipinski definition) is 5. The molecule has 0 bridgehead atoms. The third kappa shape index (κ3) is 4.35. The third-order valence-electron chi connectivity index (χ3n) is 4.67. The number of nitrogens with one attached hydrogen (secondary N) is 1. The highest BCUT2D eigenvalue weighted by molar-refractivity contribution is 5.94. The monoisotopic (exact) mass is 373 g/mol. The van der Waals surface area contributed by atoms with Crippen LogP contribution in [-0.2, 0) is 11.3 Å². The summed E-state index contributed by atoms with van der Waals surface area (Å²) in [5, 5.41) is 42.2. The number of ether oxygens (including phenoxy) is 1. The second-order valence-corrected chi connectivity index (χ2v) is 6.54. The van der Waals surface area contributed by atoms with Gasteiger partial charge in [0.1, 0.15) is 30.5 Å². The zero-order chi connectivity index (χ0) is 19.4. The van der Waals surface area contributed by atoms with Crippen molar-refractivity contribution in [2.45, 2.75) is 37.1 Å². The molecule has 0 aliphatic carbocycles. The highest BCUT2D eigenvalue weighted by Crippen LogP contribution is 2.32. The van der Waals surface area contributed by atoms with Gasteiger partial charge in [0.25, 0.3) is 5.91 Å².